The Kier molecular flexibility index (Phi) is 9.51. The third kappa shape index (κ3) is 8.17. The van der Waals surface area contributed by atoms with E-state index in [1.807, 2.05) is 0 Å². The van der Waals surface area contributed by atoms with Crippen LogP contribution in [0.15, 0.2) is 96.0 Å². The molecule has 3 N–H and O–H groups in total. The van der Waals surface area contributed by atoms with Crippen molar-refractivity contribution < 1.29 is 37.0 Å². The van der Waals surface area contributed by atoms with E-state index in [4.69, 9.17) is 9.47 Å². The Morgan fingerprint density at radius 3 is 2.23 bits per heavy atom. The summed E-state index contributed by atoms with van der Waals surface area (Å²) in [5, 5.41) is 11.9. The van der Waals surface area contributed by atoms with Gasteiger partial charge in [-0.3, -0.25) is 4.79 Å². The molecule has 0 saturated heterocycles. The molecule has 1 amide bonds. The van der Waals surface area contributed by atoms with Crippen molar-refractivity contribution in [1.29, 1.82) is 0 Å². The molecule has 44 heavy (non-hydrogen) atoms. The quantitative estimate of drug-likeness (QED) is 0.198. The molecule has 4 aromatic rings. The van der Waals surface area contributed by atoms with Crippen LogP contribution in [0.4, 0.5) is 10.1 Å². The number of amides is 1. The van der Waals surface area contributed by atoms with Crippen molar-refractivity contribution >= 4 is 27.6 Å². The van der Waals surface area contributed by atoms with Crippen molar-refractivity contribution in [3.8, 4) is 17.4 Å². The molecule has 1 saturated carbocycles. The van der Waals surface area contributed by atoms with Crippen LogP contribution in [0, 0.1) is 5.82 Å². The molecule has 0 bridgehead atoms. The number of carbonyl (C=O) groups is 2. The summed E-state index contributed by atoms with van der Waals surface area (Å²) >= 11 is 0. The Labute approximate surface area is 253 Å². The summed E-state index contributed by atoms with van der Waals surface area (Å²) in [4.78, 5) is 28.1. The first-order valence-electron chi connectivity index (χ1n) is 13.9. The van der Waals surface area contributed by atoms with Gasteiger partial charge in [0, 0.05) is 18.3 Å². The summed E-state index contributed by atoms with van der Waals surface area (Å²) in [5.74, 6) is -0.453. The monoisotopic (exact) mass is 619 g/mol. The van der Waals surface area contributed by atoms with E-state index < -0.39 is 21.8 Å². The standard InChI is InChI=1S/C32H30FN3O7S/c33-22-6-16-27(17-7-22)44(40,41)36-23-8-10-24(11-9-23)42-25-12-14-26(15-13-25)43-31-18-5-21(20-34-31)19-30(37)35-29-4-2-1-3-28(29)32(38)39/h1-7,12-18,20,23-24,36H,8-11,19H2,(H,35,37)(H,38,39). The number of anilines is 1. The molecule has 3 aromatic carbocycles. The smallest absolute Gasteiger partial charge is 0.337 e. The topological polar surface area (TPSA) is 144 Å². The highest BCUT2D eigenvalue weighted by molar-refractivity contribution is 7.89. The van der Waals surface area contributed by atoms with Gasteiger partial charge in [-0.1, -0.05) is 18.2 Å². The number of hydrogen-bond donors (Lipinski definition) is 3. The molecule has 228 valence electrons. The Morgan fingerprint density at radius 2 is 1.57 bits per heavy atom. The van der Waals surface area contributed by atoms with E-state index in [9.17, 15) is 27.5 Å². The van der Waals surface area contributed by atoms with Gasteiger partial charge in [0.05, 0.1) is 28.7 Å². The predicted molar refractivity (Wildman–Crippen MR) is 160 cm³/mol. The minimum absolute atomic E-state index is 0.00923. The van der Waals surface area contributed by atoms with Crippen LogP contribution in [-0.2, 0) is 21.2 Å². The zero-order valence-electron chi connectivity index (χ0n) is 23.5. The van der Waals surface area contributed by atoms with Crippen molar-refractivity contribution in [2.75, 3.05) is 5.32 Å². The third-order valence-corrected chi connectivity index (χ3v) is 8.60. The molecule has 0 atom stereocenters. The summed E-state index contributed by atoms with van der Waals surface area (Å²) in [6.07, 6.45) is 4.05. The average Bonchev–Trinajstić information content (AvgIpc) is 3.00. The number of hydrogen-bond acceptors (Lipinski definition) is 7. The maximum Gasteiger partial charge on any atom is 0.337 e. The number of carbonyl (C=O) groups excluding carboxylic acids is 1. The van der Waals surface area contributed by atoms with E-state index in [1.54, 1.807) is 48.5 Å². The molecule has 0 radical (unpaired) electrons. The average molecular weight is 620 g/mol. The highest BCUT2D eigenvalue weighted by Crippen LogP contribution is 2.28. The van der Waals surface area contributed by atoms with Gasteiger partial charge in [-0.15, -0.1) is 0 Å². The van der Waals surface area contributed by atoms with E-state index in [-0.39, 0.29) is 40.6 Å². The number of nitrogens with one attached hydrogen (secondary N) is 2. The minimum atomic E-state index is -3.72. The zero-order chi connectivity index (χ0) is 31.1. The van der Waals surface area contributed by atoms with Gasteiger partial charge in [0.25, 0.3) is 0 Å². The van der Waals surface area contributed by atoms with Gasteiger partial charge >= 0.3 is 5.97 Å². The number of nitrogens with zero attached hydrogens (tertiary/aromatic N) is 1. The first-order valence-corrected chi connectivity index (χ1v) is 15.4. The Balaban J connectivity index is 1.07. The van der Waals surface area contributed by atoms with Crippen LogP contribution in [0.2, 0.25) is 0 Å². The molecule has 1 aromatic heterocycles. The van der Waals surface area contributed by atoms with Crippen LogP contribution in [0.1, 0.15) is 41.6 Å². The molecular formula is C32H30FN3O7S. The molecule has 10 nitrogen and oxygen atoms in total. The van der Waals surface area contributed by atoms with E-state index in [2.05, 4.69) is 15.0 Å². The molecule has 1 heterocycles. The van der Waals surface area contributed by atoms with Gasteiger partial charge in [0.2, 0.25) is 21.8 Å². The van der Waals surface area contributed by atoms with Crippen LogP contribution in [-0.4, -0.2) is 42.5 Å². The van der Waals surface area contributed by atoms with Crippen LogP contribution < -0.4 is 19.5 Å². The molecule has 1 aliphatic carbocycles. The maximum absolute atomic E-state index is 13.1. The summed E-state index contributed by atoms with van der Waals surface area (Å²) in [6.45, 7) is 0. The van der Waals surface area contributed by atoms with Gasteiger partial charge in [-0.2, -0.15) is 0 Å². The summed E-state index contributed by atoms with van der Waals surface area (Å²) in [7, 11) is -3.72. The van der Waals surface area contributed by atoms with Crippen LogP contribution in [0.5, 0.6) is 17.4 Å². The first-order chi connectivity index (χ1) is 21.1. The lowest BCUT2D eigenvalue weighted by Crippen LogP contribution is -2.39. The molecule has 0 unspecified atom stereocenters. The minimum Gasteiger partial charge on any atom is -0.490 e. The van der Waals surface area contributed by atoms with Crippen LogP contribution in [0.25, 0.3) is 0 Å². The number of pyridine rings is 1. The normalized spacial score (nSPS) is 16.6. The van der Waals surface area contributed by atoms with Gasteiger partial charge in [-0.05, 0) is 91.9 Å². The maximum atomic E-state index is 13.1. The fourth-order valence-corrected chi connectivity index (χ4v) is 6.14. The Morgan fingerprint density at radius 1 is 0.886 bits per heavy atom. The number of rotatable bonds is 11. The van der Waals surface area contributed by atoms with E-state index in [0.717, 1.165) is 12.1 Å². The lowest BCUT2D eigenvalue weighted by Gasteiger charge is -2.29. The molecule has 0 spiro atoms. The fourth-order valence-electron chi connectivity index (χ4n) is 4.83. The number of carboxylic acids is 1. The van der Waals surface area contributed by atoms with Crippen molar-refractivity contribution in [1.82, 2.24) is 9.71 Å². The first kappa shape index (κ1) is 30.6. The van der Waals surface area contributed by atoms with E-state index in [1.165, 1.54) is 30.5 Å². The second-order valence-corrected chi connectivity index (χ2v) is 12.0. The largest absolute Gasteiger partial charge is 0.490 e. The van der Waals surface area contributed by atoms with Crippen LogP contribution >= 0.6 is 0 Å². The number of sulfonamides is 1. The highest BCUT2D eigenvalue weighted by atomic mass is 32.2. The Bertz CT molecular complexity index is 1710. The lowest BCUT2D eigenvalue weighted by molar-refractivity contribution is -0.115. The number of aromatic nitrogens is 1. The number of halogens is 1. The molecular weight excluding hydrogens is 589 g/mol. The second kappa shape index (κ2) is 13.7. The van der Waals surface area contributed by atoms with Crippen LogP contribution in [0.3, 0.4) is 0 Å². The SMILES string of the molecule is O=C(Cc1ccc(Oc2ccc(OC3CCC(NS(=O)(=O)c4ccc(F)cc4)CC3)cc2)nc1)Nc1ccccc1C(=O)O. The molecule has 1 aliphatic rings. The molecule has 12 heteroatoms. The number of ether oxygens (including phenoxy) is 2. The van der Waals surface area contributed by atoms with Gasteiger partial charge < -0.3 is 19.9 Å². The van der Waals surface area contributed by atoms with E-state index >= 15 is 0 Å². The summed E-state index contributed by atoms with van der Waals surface area (Å²) in [5.41, 5.74) is 0.866. The van der Waals surface area contributed by atoms with Gasteiger partial charge in [-0.25, -0.2) is 27.3 Å². The highest BCUT2D eigenvalue weighted by Gasteiger charge is 2.27. The van der Waals surface area contributed by atoms with Crippen molar-refractivity contribution in [2.45, 2.75) is 49.1 Å². The number of carboxylic acid groups (broad SMARTS) is 1. The second-order valence-electron chi connectivity index (χ2n) is 10.3. The zero-order valence-corrected chi connectivity index (χ0v) is 24.3. The number of benzene rings is 3. The lowest BCUT2D eigenvalue weighted by atomic mass is 9.94. The number of aromatic carboxylic acids is 1. The van der Waals surface area contributed by atoms with Crippen molar-refractivity contribution in [2.24, 2.45) is 0 Å². The Hall–Kier alpha value is -4.81. The summed E-state index contributed by atoms with van der Waals surface area (Å²) in [6, 6.07) is 21.1. The van der Waals surface area contributed by atoms with Gasteiger partial charge in [0.15, 0.2) is 0 Å². The fraction of sp³-hybridized carbons (Fsp3) is 0.219. The molecule has 0 aliphatic heterocycles. The van der Waals surface area contributed by atoms with Crippen molar-refractivity contribution in [3.63, 3.8) is 0 Å². The molecule has 5 rings (SSSR count). The van der Waals surface area contributed by atoms with Crippen molar-refractivity contribution in [3.05, 3.63) is 108 Å². The summed E-state index contributed by atoms with van der Waals surface area (Å²) < 4.78 is 52.9. The number of para-hydroxylation sites is 1. The third-order valence-electron chi connectivity index (χ3n) is 7.06. The predicted octanol–water partition coefficient (Wildman–Crippen LogP) is 5.56. The molecule has 1 fully saturated rings. The van der Waals surface area contributed by atoms with E-state index in [0.29, 0.717) is 48.6 Å². The van der Waals surface area contributed by atoms with Gasteiger partial charge in [0.1, 0.15) is 17.3 Å².